The number of thioether (sulfide) groups is 1. The van der Waals surface area contributed by atoms with Gasteiger partial charge in [-0.15, -0.1) is 11.8 Å². The maximum absolute atomic E-state index is 15.8. The predicted molar refractivity (Wildman–Crippen MR) is 523 cm³/mol. The second-order valence-corrected chi connectivity index (χ2v) is 37.5. The van der Waals surface area contributed by atoms with Gasteiger partial charge in [0.05, 0.1) is 31.7 Å². The number of para-hydroxylation sites is 2. The molecular weight excluding hydrogens is 1840 g/mol. The number of nitrogens with zero attached hydrogens (tertiary/aromatic N) is 5. The van der Waals surface area contributed by atoms with Crippen LogP contribution in [0.15, 0.2) is 104 Å². The standard InChI is InChI=1S/C96H137N25O19S/c1-9-11-32-75-90(135)111-65(31-21-38-103-96(99)100)84(129)117-74(83(128)106-49-79(98)124)51-141-52-80(125)108-70(41-56-23-14-13-15-24-56)92(137)118(6)55(5)81(126)114-72(45-78(97)123)94(139)121-40-22-34-76(121)91(136)113-69(44-60-48-101-53-107-60)88(133)109-66(36-35-54(3)4)85(130)110-67(37-39-102-82(127)57-25-20-26-57)86(131)112-68(42-58-46-104-63-29-18-16-27-61(58)63)87(132)116-73(50-122)89(134)115-71(43-59-47-105-64-30-19-17-28-62(59)64)93(138)120(8)77(33-12-10-2)95(140)119(75)7/h13-19,23-24,27-30,46-48,53-55,57,65-77,104-105,122H,9-12,20-22,25-26,31-45,49-52H2,1-8H3,(H2,97,123)(H2,98,124)(H,101,107)(H,102,127)(H,106,128)(H,108,125)(H,109,133)(H,110,130)(H,111,135)(H,112,131)(H,113,136)(H,114,126)(H,115,134)(H,116,132)(H,117,129)(H4,99,100,103)/t55-,65-,66-,67-,68-,69-,70-,71-,72-,73-,74-,75-,76-,77-/m0/s1. The lowest BCUT2D eigenvalue weighted by molar-refractivity contribution is -0.149. The first kappa shape index (κ1) is 111. The Morgan fingerprint density at radius 1 is 0.496 bits per heavy atom. The Hall–Kier alpha value is -14.0. The molecule has 0 bridgehead atoms. The number of hydrogen-bond acceptors (Lipinski definition) is 22. The van der Waals surface area contributed by atoms with Crippen molar-refractivity contribution in [3.63, 3.8) is 0 Å². The molecular formula is C96H137N25O19S. The van der Waals surface area contributed by atoms with Crippen molar-refractivity contribution in [2.45, 2.75) is 254 Å². The summed E-state index contributed by atoms with van der Waals surface area (Å²) in [6.07, 6.45) is 7.60. The number of primary amides is 2. The third-order valence-corrected chi connectivity index (χ3v) is 26.6. The van der Waals surface area contributed by atoms with Crippen LogP contribution in [0.25, 0.3) is 21.8 Å². The van der Waals surface area contributed by atoms with Gasteiger partial charge in [-0.2, -0.15) is 0 Å². The number of amides is 18. The Kier molecular flexibility index (Phi) is 42.8. The van der Waals surface area contributed by atoms with Gasteiger partial charge in [0.15, 0.2) is 5.96 Å². The number of rotatable bonds is 31. The highest BCUT2D eigenvalue weighted by Gasteiger charge is 2.45. The number of H-pyrrole nitrogens is 3. The Balaban J connectivity index is 1.12. The number of aromatic amines is 3. The summed E-state index contributed by atoms with van der Waals surface area (Å²) in [7, 11) is 3.95. The molecule has 3 aromatic heterocycles. The lowest BCUT2D eigenvalue weighted by Gasteiger charge is -2.36. The van der Waals surface area contributed by atoms with Crippen molar-refractivity contribution in [1.29, 1.82) is 5.41 Å². The van der Waals surface area contributed by atoms with Gasteiger partial charge < -0.3 is 126 Å². The molecule has 141 heavy (non-hydrogen) atoms. The molecule has 14 atom stereocenters. The van der Waals surface area contributed by atoms with Crippen molar-refractivity contribution >= 4 is 146 Å². The van der Waals surface area contributed by atoms with Gasteiger partial charge in [-0.1, -0.05) is 127 Å². The molecule has 18 amide bonds. The minimum absolute atomic E-state index is 0.00738. The second-order valence-electron chi connectivity index (χ2n) is 36.5. The van der Waals surface area contributed by atoms with E-state index in [4.69, 9.17) is 22.6 Å². The number of benzene rings is 3. The third-order valence-electron chi connectivity index (χ3n) is 25.5. The van der Waals surface area contributed by atoms with Crippen LogP contribution in [-0.4, -0.2) is 307 Å². The van der Waals surface area contributed by atoms with Crippen LogP contribution < -0.4 is 86.3 Å². The zero-order valence-electron chi connectivity index (χ0n) is 81.0. The molecule has 0 spiro atoms. The molecule has 3 aromatic carbocycles. The normalized spacial score (nSPS) is 23.8. The van der Waals surface area contributed by atoms with Crippen LogP contribution in [0.5, 0.6) is 0 Å². The fraction of sp³-hybridized carbons (Fsp3) is 0.542. The Bertz CT molecular complexity index is 5360. The fourth-order valence-corrected chi connectivity index (χ4v) is 17.9. The summed E-state index contributed by atoms with van der Waals surface area (Å²) in [6, 6.07) is 0.683. The number of aliphatic hydroxyl groups excluding tert-OH is 1. The highest BCUT2D eigenvalue weighted by molar-refractivity contribution is 8.00. The summed E-state index contributed by atoms with van der Waals surface area (Å²) >= 11 is 0.791. The predicted octanol–water partition coefficient (Wildman–Crippen LogP) is -1.41. The number of unbranched alkanes of at least 4 members (excludes halogenated alkanes) is 2. The largest absolute Gasteiger partial charge is 0.394 e. The van der Waals surface area contributed by atoms with Crippen molar-refractivity contribution in [3.8, 4) is 0 Å². The Morgan fingerprint density at radius 3 is 1.61 bits per heavy atom. The average Bonchev–Trinajstić information content (AvgIpc) is 1.74. The first-order chi connectivity index (χ1) is 67.4. The minimum atomic E-state index is -1.91. The highest BCUT2D eigenvalue weighted by Crippen LogP contribution is 2.29. The van der Waals surface area contributed by atoms with Crippen molar-refractivity contribution in [1.82, 2.24) is 109 Å². The molecule has 2 aliphatic heterocycles. The van der Waals surface area contributed by atoms with E-state index in [0.717, 1.165) is 37.8 Å². The average molecular weight is 1980 g/mol. The van der Waals surface area contributed by atoms with E-state index >= 15 is 52.7 Å². The number of hydrogen-bond donors (Lipinski definition) is 21. The van der Waals surface area contributed by atoms with E-state index in [1.807, 2.05) is 27.7 Å². The summed E-state index contributed by atoms with van der Waals surface area (Å²) in [4.78, 5) is 283. The van der Waals surface area contributed by atoms with E-state index in [2.05, 4.69) is 89.1 Å². The maximum atomic E-state index is 15.8. The Morgan fingerprint density at radius 2 is 1.02 bits per heavy atom. The summed E-state index contributed by atoms with van der Waals surface area (Å²) in [5.74, 6) is -18.1. The number of nitrogens with one attached hydrogen (secondary N) is 17. The maximum Gasteiger partial charge on any atom is 0.246 e. The van der Waals surface area contributed by atoms with Gasteiger partial charge in [0, 0.05) is 124 Å². The highest BCUT2D eigenvalue weighted by atomic mass is 32.2. The number of aliphatic hydroxyl groups is 1. The van der Waals surface area contributed by atoms with Gasteiger partial charge in [-0.25, -0.2) is 4.98 Å². The number of guanidine groups is 1. The number of imidazole rings is 1. The zero-order chi connectivity index (χ0) is 103. The van der Waals surface area contributed by atoms with Gasteiger partial charge in [0.25, 0.3) is 0 Å². The van der Waals surface area contributed by atoms with Crippen molar-refractivity contribution < 1.29 is 91.4 Å². The monoisotopic (exact) mass is 1980 g/mol. The number of carbonyl (C=O) groups is 18. The lowest BCUT2D eigenvalue weighted by atomic mass is 9.85. The van der Waals surface area contributed by atoms with E-state index in [1.54, 1.807) is 91.3 Å². The first-order valence-corrected chi connectivity index (χ1v) is 49.2. The van der Waals surface area contributed by atoms with Crippen LogP contribution in [0.1, 0.15) is 166 Å². The van der Waals surface area contributed by atoms with E-state index in [1.165, 1.54) is 40.6 Å². The molecule has 24 N–H and O–H groups in total. The van der Waals surface area contributed by atoms with E-state index in [9.17, 15) is 38.7 Å². The number of nitrogens with two attached hydrogens (primary N) is 3. The van der Waals surface area contributed by atoms with Gasteiger partial charge in [-0.3, -0.25) is 91.7 Å². The molecule has 1 aliphatic carbocycles. The molecule has 0 unspecified atom stereocenters. The molecule has 3 aliphatic rings. The lowest BCUT2D eigenvalue weighted by Crippen LogP contribution is -2.62. The molecule has 45 heteroatoms. The quantitative estimate of drug-likeness (QED) is 0.0135. The fourth-order valence-electron chi connectivity index (χ4n) is 17.0. The summed E-state index contributed by atoms with van der Waals surface area (Å²) < 4.78 is 0. The molecule has 5 heterocycles. The van der Waals surface area contributed by atoms with Crippen LogP contribution in [0, 0.1) is 17.2 Å². The summed E-state index contributed by atoms with van der Waals surface area (Å²) in [5, 5.41) is 55.4. The molecule has 0 radical (unpaired) electrons. The van der Waals surface area contributed by atoms with Gasteiger partial charge in [0.2, 0.25) is 106 Å². The summed E-state index contributed by atoms with van der Waals surface area (Å²) in [5.41, 5.74) is 20.0. The molecule has 6 aromatic rings. The molecule has 44 nitrogen and oxygen atoms in total. The SMILES string of the molecule is CCCC[C@H]1C(=O)N(C)[C@@H](CCCC)C(=O)N[C@@H](CCCNC(=N)N)C(=O)N[C@H](C(=O)NCC(N)=O)CSCC(=O)N[C@@H](Cc2ccccc2)C(=O)N(C)[C@@H](C)C(=O)N[C@@H](CC(N)=O)C(=O)N2CCC[C@H]2C(=O)N[C@@H](Cc2cnc[nH]2)C(=O)N[C@@H](CCC(C)C)C(=O)N[C@@H](CCNC(=O)C2CCC2)C(=O)N[C@@H](Cc2c[nH]c3ccccc23)C(=O)N[C@@H](CO)C(=O)N[C@@H](Cc2c[nH]c3ccccc23)C(=O)N1C. The Labute approximate surface area is 821 Å². The van der Waals surface area contributed by atoms with Crippen LogP contribution in [0.4, 0.5) is 0 Å². The van der Waals surface area contributed by atoms with Crippen molar-refractivity contribution in [3.05, 3.63) is 126 Å². The number of fused-ring (bicyclic) bond motifs is 3. The third kappa shape index (κ3) is 32.5. The molecule has 1 saturated carbocycles. The van der Waals surface area contributed by atoms with Crippen LogP contribution in [0.3, 0.4) is 0 Å². The topological polar surface area (TPSA) is 659 Å². The van der Waals surface area contributed by atoms with E-state index in [-0.39, 0.29) is 121 Å². The van der Waals surface area contributed by atoms with E-state index in [0.29, 0.717) is 82.7 Å². The van der Waals surface area contributed by atoms with E-state index < -0.39 is 222 Å². The first-order valence-electron chi connectivity index (χ1n) is 48.0. The number of likely N-dealkylation sites (N-methyl/N-ethyl adjacent to an activating group) is 3. The van der Waals surface area contributed by atoms with Gasteiger partial charge in [-0.05, 0) is 112 Å². The molecule has 766 valence electrons. The van der Waals surface area contributed by atoms with Gasteiger partial charge in [0.1, 0.15) is 84.6 Å². The zero-order valence-corrected chi connectivity index (χ0v) is 81.8. The minimum Gasteiger partial charge on any atom is -0.394 e. The number of carbonyl (C=O) groups excluding carboxylic acids is 18. The van der Waals surface area contributed by atoms with Gasteiger partial charge >= 0.3 is 0 Å². The molecule has 9 rings (SSSR count). The summed E-state index contributed by atoms with van der Waals surface area (Å²) in [6.45, 7) is 6.56. The van der Waals surface area contributed by atoms with Crippen LogP contribution in [-0.2, 0) is 112 Å². The van der Waals surface area contributed by atoms with Crippen LogP contribution in [0.2, 0.25) is 0 Å². The molecule has 3 fully saturated rings. The molecule has 2 saturated heterocycles. The van der Waals surface area contributed by atoms with Crippen molar-refractivity contribution in [2.75, 3.05) is 65.4 Å². The number of aromatic nitrogens is 4. The van der Waals surface area contributed by atoms with Crippen LogP contribution >= 0.6 is 11.8 Å². The second kappa shape index (κ2) is 54.5. The smallest absolute Gasteiger partial charge is 0.246 e. The van der Waals surface area contributed by atoms with Crippen molar-refractivity contribution in [2.24, 2.45) is 29.0 Å².